The van der Waals surface area contributed by atoms with Gasteiger partial charge in [-0.2, -0.15) is 24.4 Å². The number of rotatable bonds is 15. The summed E-state index contributed by atoms with van der Waals surface area (Å²) in [6, 6.07) is 15.1. The number of nitrogens with one attached hydrogen (secondary N) is 3. The maximum absolute atomic E-state index is 13.2. The van der Waals surface area contributed by atoms with E-state index in [0.717, 1.165) is 17.1 Å². The van der Waals surface area contributed by atoms with Crippen LogP contribution in [-0.2, 0) is 30.5 Å². The molecule has 0 spiro atoms. The summed E-state index contributed by atoms with van der Waals surface area (Å²) in [4.78, 5) is 49.3. The van der Waals surface area contributed by atoms with Crippen molar-refractivity contribution in [1.82, 2.24) is 16.0 Å². The Labute approximate surface area is 251 Å². The minimum absolute atomic E-state index is 0.0125. The van der Waals surface area contributed by atoms with Crippen LogP contribution < -0.4 is 20.7 Å². The zero-order valence-electron chi connectivity index (χ0n) is 23.3. The van der Waals surface area contributed by atoms with Gasteiger partial charge in [0.2, 0.25) is 11.8 Å². The molecule has 1 aliphatic rings. The number of carbonyl (C=O) groups excluding carboxylic acids is 4. The highest BCUT2D eigenvalue weighted by atomic mass is 32.2. The first-order valence-corrected chi connectivity index (χ1v) is 15.6. The molecule has 0 heterocycles. The highest BCUT2D eigenvalue weighted by molar-refractivity contribution is 7.99. The van der Waals surface area contributed by atoms with E-state index in [4.69, 9.17) is 4.74 Å². The summed E-state index contributed by atoms with van der Waals surface area (Å²) in [7, 11) is 0. The number of hydrogen-bond acceptors (Lipinski definition) is 8. The van der Waals surface area contributed by atoms with Crippen molar-refractivity contribution in [3.8, 4) is 11.5 Å². The third-order valence-corrected chi connectivity index (χ3v) is 8.25. The van der Waals surface area contributed by atoms with Gasteiger partial charge in [0.05, 0.1) is 0 Å². The molecule has 0 saturated heterocycles. The summed E-state index contributed by atoms with van der Waals surface area (Å²) >= 11 is 5.83. The molecule has 3 amide bonds. The smallest absolute Gasteiger partial charge is 0.303 e. The van der Waals surface area contributed by atoms with E-state index in [9.17, 15) is 19.2 Å². The Balaban J connectivity index is 1.57. The SMILES string of the molecule is CC(=O)OCC(=O)N[C@@H](CS)C(=O)N[C@@H](CSCC1CCCCC1)C(=O)NCc1ccc(Oc2ccccc2)cc1. The van der Waals surface area contributed by atoms with Crippen molar-refractivity contribution in [2.45, 2.75) is 57.7 Å². The van der Waals surface area contributed by atoms with Crippen LogP contribution in [0.5, 0.6) is 11.5 Å². The van der Waals surface area contributed by atoms with Crippen LogP contribution in [0.1, 0.15) is 44.6 Å². The first-order valence-electron chi connectivity index (χ1n) is 13.8. The van der Waals surface area contributed by atoms with Crippen LogP contribution in [0.3, 0.4) is 0 Å². The minimum Gasteiger partial charge on any atom is -0.457 e. The van der Waals surface area contributed by atoms with Gasteiger partial charge in [-0.1, -0.05) is 49.6 Å². The fraction of sp³-hybridized carbons (Fsp3) is 0.467. The first-order chi connectivity index (χ1) is 19.8. The van der Waals surface area contributed by atoms with Crippen molar-refractivity contribution in [1.29, 1.82) is 0 Å². The minimum atomic E-state index is -0.989. The topological polar surface area (TPSA) is 123 Å². The van der Waals surface area contributed by atoms with Crippen molar-refractivity contribution in [2.75, 3.05) is 23.9 Å². The molecule has 222 valence electrons. The lowest BCUT2D eigenvalue weighted by Gasteiger charge is -2.24. The lowest BCUT2D eigenvalue weighted by Crippen LogP contribution is -2.55. The Morgan fingerprint density at radius 3 is 2.24 bits per heavy atom. The zero-order valence-corrected chi connectivity index (χ0v) is 25.0. The molecule has 11 heteroatoms. The molecule has 2 atom stereocenters. The highest BCUT2D eigenvalue weighted by Crippen LogP contribution is 2.27. The second-order valence-electron chi connectivity index (χ2n) is 9.96. The van der Waals surface area contributed by atoms with Gasteiger partial charge in [0.1, 0.15) is 23.6 Å². The summed E-state index contributed by atoms with van der Waals surface area (Å²) in [5.41, 5.74) is 0.879. The van der Waals surface area contributed by atoms with E-state index in [1.165, 1.54) is 39.0 Å². The Morgan fingerprint density at radius 2 is 1.59 bits per heavy atom. The van der Waals surface area contributed by atoms with Gasteiger partial charge in [-0.15, -0.1) is 0 Å². The normalized spacial score (nSPS) is 14.8. The lowest BCUT2D eigenvalue weighted by molar-refractivity contribution is -0.146. The first kappa shape index (κ1) is 32.3. The number of para-hydroxylation sites is 1. The van der Waals surface area contributed by atoms with Gasteiger partial charge in [-0.3, -0.25) is 19.2 Å². The van der Waals surface area contributed by atoms with Gasteiger partial charge < -0.3 is 25.4 Å². The summed E-state index contributed by atoms with van der Waals surface area (Å²) < 4.78 is 10.5. The number of ether oxygens (including phenoxy) is 2. The van der Waals surface area contributed by atoms with Gasteiger partial charge in [0, 0.05) is 25.0 Å². The molecular formula is C30H39N3O6S2. The van der Waals surface area contributed by atoms with Crippen LogP contribution in [-0.4, -0.2) is 59.6 Å². The second kappa shape index (κ2) is 17.6. The quantitative estimate of drug-likeness (QED) is 0.181. The molecule has 9 nitrogen and oxygen atoms in total. The van der Waals surface area contributed by atoms with E-state index in [2.05, 4.69) is 33.3 Å². The van der Waals surface area contributed by atoms with E-state index in [1.807, 2.05) is 54.6 Å². The summed E-state index contributed by atoms with van der Waals surface area (Å²) in [5, 5.41) is 8.21. The van der Waals surface area contributed by atoms with Crippen molar-refractivity contribution in [2.24, 2.45) is 5.92 Å². The Morgan fingerprint density at radius 1 is 0.902 bits per heavy atom. The monoisotopic (exact) mass is 601 g/mol. The molecule has 1 aliphatic carbocycles. The van der Waals surface area contributed by atoms with Crippen molar-refractivity contribution in [3.63, 3.8) is 0 Å². The van der Waals surface area contributed by atoms with E-state index in [1.54, 1.807) is 11.8 Å². The average Bonchev–Trinajstić information content (AvgIpc) is 2.98. The van der Waals surface area contributed by atoms with Crippen LogP contribution in [0, 0.1) is 5.92 Å². The number of hydrogen-bond donors (Lipinski definition) is 4. The summed E-state index contributed by atoms with van der Waals surface area (Å²) in [6.07, 6.45) is 6.12. The molecule has 0 unspecified atom stereocenters. The number of carbonyl (C=O) groups is 4. The van der Waals surface area contributed by atoms with E-state index in [0.29, 0.717) is 17.4 Å². The summed E-state index contributed by atoms with van der Waals surface area (Å²) in [6.45, 7) is 0.972. The van der Waals surface area contributed by atoms with Crippen molar-refractivity contribution >= 4 is 48.1 Å². The van der Waals surface area contributed by atoms with Crippen LogP contribution in [0.2, 0.25) is 0 Å². The van der Waals surface area contributed by atoms with Crippen molar-refractivity contribution < 1.29 is 28.7 Å². The second-order valence-corrected chi connectivity index (χ2v) is 11.4. The van der Waals surface area contributed by atoms with Gasteiger partial charge >= 0.3 is 5.97 Å². The van der Waals surface area contributed by atoms with E-state index in [-0.39, 0.29) is 18.2 Å². The molecular weight excluding hydrogens is 562 g/mol. The maximum Gasteiger partial charge on any atom is 0.303 e. The molecule has 2 aromatic carbocycles. The molecule has 0 bridgehead atoms. The predicted molar refractivity (Wildman–Crippen MR) is 163 cm³/mol. The van der Waals surface area contributed by atoms with Gasteiger partial charge in [0.15, 0.2) is 6.61 Å². The Kier molecular flexibility index (Phi) is 13.9. The number of benzene rings is 2. The number of amides is 3. The number of thioether (sulfide) groups is 1. The number of esters is 1. The van der Waals surface area contributed by atoms with Gasteiger partial charge in [-0.05, 0) is 54.3 Å². The van der Waals surface area contributed by atoms with Crippen LogP contribution >= 0.6 is 24.4 Å². The van der Waals surface area contributed by atoms with Crippen molar-refractivity contribution in [3.05, 3.63) is 60.2 Å². The average molecular weight is 602 g/mol. The third kappa shape index (κ3) is 12.1. The molecule has 1 saturated carbocycles. The molecule has 0 radical (unpaired) electrons. The molecule has 3 N–H and O–H groups in total. The maximum atomic E-state index is 13.2. The van der Waals surface area contributed by atoms with Gasteiger partial charge in [0.25, 0.3) is 5.91 Å². The van der Waals surface area contributed by atoms with Gasteiger partial charge in [-0.25, -0.2) is 0 Å². The fourth-order valence-corrected chi connectivity index (χ4v) is 5.90. The Bertz CT molecular complexity index is 1130. The van der Waals surface area contributed by atoms with Crippen LogP contribution in [0.15, 0.2) is 54.6 Å². The molecule has 2 aromatic rings. The highest BCUT2D eigenvalue weighted by Gasteiger charge is 2.27. The number of thiol groups is 1. The third-order valence-electron chi connectivity index (χ3n) is 6.61. The fourth-order valence-electron chi connectivity index (χ4n) is 4.37. The van der Waals surface area contributed by atoms with Crippen LogP contribution in [0.4, 0.5) is 0 Å². The van der Waals surface area contributed by atoms with Crippen LogP contribution in [0.25, 0.3) is 0 Å². The predicted octanol–water partition coefficient (Wildman–Crippen LogP) is 3.87. The Hall–Kier alpha value is -3.18. The van der Waals surface area contributed by atoms with E-state index < -0.39 is 36.5 Å². The largest absolute Gasteiger partial charge is 0.457 e. The summed E-state index contributed by atoms with van der Waals surface area (Å²) in [5.74, 6) is 1.31. The zero-order chi connectivity index (χ0) is 29.5. The standard InChI is InChI=1S/C30H39N3O6S2/c1-21(34)38-17-28(35)32-26(18-40)30(37)33-27(20-41-19-23-8-4-2-5-9-23)29(36)31-16-22-12-14-25(15-13-22)39-24-10-6-3-7-11-24/h3,6-7,10-15,23,26-27,40H,2,4-5,8-9,16-20H2,1H3,(H,31,36)(H,32,35)(H,33,37)/t26-,27-/m0/s1. The molecule has 0 aromatic heterocycles. The van der Waals surface area contributed by atoms with E-state index >= 15 is 0 Å². The molecule has 3 rings (SSSR count). The lowest BCUT2D eigenvalue weighted by atomic mass is 9.91. The molecule has 1 fully saturated rings. The molecule has 0 aliphatic heterocycles. The molecule has 41 heavy (non-hydrogen) atoms.